The first-order valence-electron chi connectivity index (χ1n) is 5.51. The van der Waals surface area contributed by atoms with Crippen LogP contribution in [0.2, 0.25) is 5.02 Å². The van der Waals surface area contributed by atoms with E-state index in [0.29, 0.717) is 22.2 Å². The Hall–Kier alpha value is -1.79. The van der Waals surface area contributed by atoms with Crippen LogP contribution in [-0.2, 0) is 10.0 Å². The highest BCUT2D eigenvalue weighted by Gasteiger charge is 2.30. The van der Waals surface area contributed by atoms with Gasteiger partial charge in [0.05, 0.1) is 11.4 Å². The summed E-state index contributed by atoms with van der Waals surface area (Å²) in [5, 5.41) is 3.40. The van der Waals surface area contributed by atoms with Crippen LogP contribution in [0.25, 0.3) is 0 Å². The third kappa shape index (κ3) is 1.84. The third-order valence-corrected chi connectivity index (χ3v) is 5.01. The summed E-state index contributed by atoms with van der Waals surface area (Å²) in [6, 6.07) is 8.08. The maximum Gasteiger partial charge on any atom is 0.266 e. The highest BCUT2D eigenvalue weighted by molar-refractivity contribution is 7.93. The predicted molar refractivity (Wildman–Crippen MR) is 74.6 cm³/mol. The van der Waals surface area contributed by atoms with Crippen LogP contribution in [0, 0.1) is 0 Å². The molecule has 2 heterocycles. The summed E-state index contributed by atoms with van der Waals surface area (Å²) in [6.07, 6.45) is 1.60. The fourth-order valence-electron chi connectivity index (χ4n) is 1.96. The largest absolute Gasteiger partial charge is 0.337 e. The second-order valence-electron chi connectivity index (χ2n) is 4.11. The van der Waals surface area contributed by atoms with Crippen LogP contribution in [0.3, 0.4) is 0 Å². The molecule has 0 bridgehead atoms. The van der Waals surface area contributed by atoms with Crippen molar-refractivity contribution in [1.29, 1.82) is 0 Å². The van der Waals surface area contributed by atoms with Gasteiger partial charge >= 0.3 is 0 Å². The summed E-state index contributed by atoms with van der Waals surface area (Å²) in [7, 11) is -2.15. The van der Waals surface area contributed by atoms with Gasteiger partial charge in [0, 0.05) is 18.3 Å². The molecule has 1 aliphatic rings. The van der Waals surface area contributed by atoms with Crippen LogP contribution in [0.5, 0.6) is 0 Å². The molecule has 0 saturated carbocycles. The Morgan fingerprint density at radius 2 is 2.11 bits per heavy atom. The van der Waals surface area contributed by atoms with Gasteiger partial charge in [-0.15, -0.1) is 0 Å². The molecule has 98 valence electrons. The second kappa shape index (κ2) is 4.11. The molecule has 0 aliphatic carbocycles. The number of benzene rings is 1. The number of rotatable bonds is 0. The summed E-state index contributed by atoms with van der Waals surface area (Å²) < 4.78 is 26.3. The molecule has 0 unspecified atom stereocenters. The van der Waals surface area contributed by atoms with Gasteiger partial charge in [0.2, 0.25) is 0 Å². The molecule has 0 saturated heterocycles. The molecule has 1 aromatic carbocycles. The number of anilines is 3. The zero-order chi connectivity index (χ0) is 13.6. The fraction of sp³-hybridized carbons (Fsp3) is 0.0833. The quantitative estimate of drug-likeness (QED) is 0.811. The lowest BCUT2D eigenvalue weighted by Crippen LogP contribution is -2.25. The Balaban J connectivity index is 2.34. The molecule has 0 spiro atoms. The Labute approximate surface area is 115 Å². The summed E-state index contributed by atoms with van der Waals surface area (Å²) in [4.78, 5) is 4.31. The molecular formula is C12H10ClN3O2S. The topological polar surface area (TPSA) is 62.3 Å². The van der Waals surface area contributed by atoms with E-state index in [4.69, 9.17) is 11.6 Å². The molecule has 1 aliphatic heterocycles. The molecule has 1 N–H and O–H groups in total. The summed E-state index contributed by atoms with van der Waals surface area (Å²) in [5.74, 6) is 0.495. The minimum Gasteiger partial charge on any atom is -0.337 e. The van der Waals surface area contributed by atoms with Gasteiger partial charge in [-0.05, 0) is 30.3 Å². The average molecular weight is 296 g/mol. The first kappa shape index (κ1) is 12.3. The zero-order valence-corrected chi connectivity index (χ0v) is 11.5. The molecule has 1 aromatic heterocycles. The number of pyridine rings is 1. The normalized spacial score (nSPS) is 16.0. The van der Waals surface area contributed by atoms with Crippen molar-refractivity contribution in [3.05, 3.63) is 41.6 Å². The molecule has 7 heteroatoms. The van der Waals surface area contributed by atoms with Crippen LogP contribution in [0.1, 0.15) is 0 Å². The van der Waals surface area contributed by atoms with Crippen LogP contribution in [-0.4, -0.2) is 20.4 Å². The van der Waals surface area contributed by atoms with Gasteiger partial charge in [0.1, 0.15) is 4.90 Å². The SMILES string of the molecule is CN1c2cccnc2Nc2ccc(Cl)cc2S1(=O)=O. The smallest absolute Gasteiger partial charge is 0.266 e. The number of sulfonamides is 1. The van der Waals surface area contributed by atoms with Crippen LogP contribution >= 0.6 is 11.6 Å². The van der Waals surface area contributed by atoms with E-state index in [-0.39, 0.29) is 4.90 Å². The standard InChI is InChI=1S/C12H10ClN3O2S/c1-16-10-3-2-6-14-12(10)15-9-5-4-8(13)7-11(9)19(16,17)18/h2-7H,1H3,(H,14,15). The summed E-state index contributed by atoms with van der Waals surface area (Å²) in [6.45, 7) is 0. The molecule has 0 radical (unpaired) electrons. The predicted octanol–water partition coefficient (Wildman–Crippen LogP) is 2.62. The van der Waals surface area contributed by atoms with E-state index in [9.17, 15) is 8.42 Å². The summed E-state index contributed by atoms with van der Waals surface area (Å²) in [5.41, 5.74) is 0.962. The molecule has 2 aromatic rings. The van der Waals surface area contributed by atoms with E-state index in [2.05, 4.69) is 10.3 Å². The molecular weight excluding hydrogens is 286 g/mol. The van der Waals surface area contributed by atoms with E-state index < -0.39 is 10.0 Å². The molecule has 19 heavy (non-hydrogen) atoms. The first-order valence-corrected chi connectivity index (χ1v) is 7.32. The van der Waals surface area contributed by atoms with Crippen molar-refractivity contribution in [2.24, 2.45) is 0 Å². The van der Waals surface area contributed by atoms with Gasteiger partial charge in [-0.1, -0.05) is 11.6 Å². The lowest BCUT2D eigenvalue weighted by molar-refractivity contribution is 0.595. The lowest BCUT2D eigenvalue weighted by atomic mass is 10.3. The van der Waals surface area contributed by atoms with Crippen LogP contribution in [0.4, 0.5) is 17.2 Å². The lowest BCUT2D eigenvalue weighted by Gasteiger charge is -2.17. The number of aromatic nitrogens is 1. The second-order valence-corrected chi connectivity index (χ2v) is 6.48. The van der Waals surface area contributed by atoms with Crippen molar-refractivity contribution in [2.75, 3.05) is 16.7 Å². The maximum absolute atomic E-state index is 12.5. The number of nitrogens with zero attached hydrogens (tertiary/aromatic N) is 2. The number of fused-ring (bicyclic) bond motifs is 2. The minimum absolute atomic E-state index is 0.139. The van der Waals surface area contributed by atoms with Crippen molar-refractivity contribution in [3.8, 4) is 0 Å². The van der Waals surface area contributed by atoms with Gasteiger partial charge in [0.25, 0.3) is 10.0 Å². The Bertz CT molecular complexity index is 761. The van der Waals surface area contributed by atoms with Crippen molar-refractivity contribution in [1.82, 2.24) is 4.98 Å². The average Bonchev–Trinajstić information content (AvgIpc) is 2.47. The number of hydrogen-bond acceptors (Lipinski definition) is 4. The fourth-order valence-corrected chi connectivity index (χ4v) is 3.58. The molecule has 0 amide bonds. The number of halogens is 1. The zero-order valence-electron chi connectivity index (χ0n) is 9.96. The Morgan fingerprint density at radius 3 is 2.89 bits per heavy atom. The van der Waals surface area contributed by atoms with Crippen molar-refractivity contribution in [3.63, 3.8) is 0 Å². The van der Waals surface area contributed by atoms with Crippen molar-refractivity contribution < 1.29 is 8.42 Å². The van der Waals surface area contributed by atoms with Gasteiger partial charge in [-0.25, -0.2) is 13.4 Å². The third-order valence-electron chi connectivity index (χ3n) is 2.96. The van der Waals surface area contributed by atoms with E-state index in [1.54, 1.807) is 30.5 Å². The highest BCUT2D eigenvalue weighted by Crippen LogP contribution is 2.38. The Morgan fingerprint density at radius 1 is 1.32 bits per heavy atom. The Kier molecular flexibility index (Phi) is 2.65. The van der Waals surface area contributed by atoms with Gasteiger partial charge in [-0.2, -0.15) is 0 Å². The van der Waals surface area contributed by atoms with Crippen molar-refractivity contribution >= 4 is 38.8 Å². The summed E-state index contributed by atoms with van der Waals surface area (Å²) >= 11 is 5.89. The van der Waals surface area contributed by atoms with Gasteiger partial charge in [0.15, 0.2) is 5.82 Å². The molecule has 3 rings (SSSR count). The van der Waals surface area contributed by atoms with Crippen molar-refractivity contribution in [2.45, 2.75) is 4.90 Å². The van der Waals surface area contributed by atoms with Crippen LogP contribution in [0.15, 0.2) is 41.4 Å². The molecule has 0 atom stereocenters. The number of hydrogen-bond donors (Lipinski definition) is 1. The number of nitrogens with one attached hydrogen (secondary N) is 1. The highest BCUT2D eigenvalue weighted by atomic mass is 35.5. The molecule has 0 fully saturated rings. The van der Waals surface area contributed by atoms with E-state index in [1.165, 1.54) is 17.4 Å². The molecule has 5 nitrogen and oxygen atoms in total. The van der Waals surface area contributed by atoms with Gasteiger partial charge < -0.3 is 5.32 Å². The minimum atomic E-state index is -3.65. The van der Waals surface area contributed by atoms with E-state index in [0.717, 1.165) is 0 Å². The maximum atomic E-state index is 12.5. The first-order chi connectivity index (χ1) is 9.00. The monoisotopic (exact) mass is 295 g/mol. The van der Waals surface area contributed by atoms with Gasteiger partial charge in [-0.3, -0.25) is 4.31 Å². The van der Waals surface area contributed by atoms with E-state index >= 15 is 0 Å². The van der Waals surface area contributed by atoms with E-state index in [1.807, 2.05) is 0 Å². The van der Waals surface area contributed by atoms with Crippen LogP contribution < -0.4 is 9.62 Å².